The number of hydrogen-bond donors (Lipinski definition) is 3. The summed E-state index contributed by atoms with van der Waals surface area (Å²) < 4.78 is 12.0. The van der Waals surface area contributed by atoms with Gasteiger partial charge in [0.15, 0.2) is 11.2 Å². The normalized spacial score (nSPS) is 29.8. The Morgan fingerprint density at radius 2 is 1.70 bits per heavy atom. The fraction of sp³-hybridized carbons (Fsp3) is 0.296. The molecule has 170 valence electrons. The van der Waals surface area contributed by atoms with E-state index in [0.29, 0.717) is 28.2 Å². The summed E-state index contributed by atoms with van der Waals surface area (Å²) in [7, 11) is 1.56. The maximum atomic E-state index is 12.5. The molecule has 1 saturated carbocycles. The molecule has 0 radical (unpaired) electrons. The molecule has 0 saturated heterocycles. The minimum absolute atomic E-state index is 0.432. The van der Waals surface area contributed by atoms with E-state index >= 15 is 0 Å². The first-order valence-corrected chi connectivity index (χ1v) is 10.9. The number of fused-ring (bicyclic) bond motifs is 3. The molecule has 0 bridgehead atoms. The van der Waals surface area contributed by atoms with Crippen LogP contribution in [0.4, 0.5) is 0 Å². The number of aliphatic hydroxyl groups is 2. The fourth-order valence-corrected chi connectivity index (χ4v) is 5.97. The van der Waals surface area contributed by atoms with Crippen molar-refractivity contribution in [2.45, 2.75) is 37.1 Å². The Kier molecular flexibility index (Phi) is 4.78. The van der Waals surface area contributed by atoms with Crippen molar-refractivity contribution < 1.29 is 29.6 Å². The molecule has 0 aromatic heterocycles. The van der Waals surface area contributed by atoms with Crippen molar-refractivity contribution in [3.8, 4) is 11.5 Å². The molecule has 3 N–H and O–H groups in total. The first-order valence-electron chi connectivity index (χ1n) is 10.9. The van der Waals surface area contributed by atoms with Crippen molar-refractivity contribution >= 4 is 5.97 Å². The van der Waals surface area contributed by atoms with Gasteiger partial charge in [0, 0.05) is 11.5 Å². The van der Waals surface area contributed by atoms with E-state index in [-0.39, 0.29) is 0 Å². The van der Waals surface area contributed by atoms with Gasteiger partial charge in [0.25, 0.3) is 0 Å². The monoisotopic (exact) mass is 446 g/mol. The van der Waals surface area contributed by atoms with Crippen molar-refractivity contribution in [2.75, 3.05) is 7.11 Å². The van der Waals surface area contributed by atoms with Crippen LogP contribution in [0.15, 0.2) is 66.7 Å². The predicted octanol–water partition coefficient (Wildman–Crippen LogP) is 3.65. The van der Waals surface area contributed by atoms with E-state index in [1.807, 2.05) is 56.3 Å². The molecular weight excluding hydrogens is 420 g/mol. The molecule has 1 fully saturated rings. The molecule has 3 aromatic carbocycles. The molecule has 0 spiro atoms. The van der Waals surface area contributed by atoms with Crippen LogP contribution in [0.3, 0.4) is 0 Å². The fourth-order valence-electron chi connectivity index (χ4n) is 5.97. The van der Waals surface area contributed by atoms with Gasteiger partial charge in [-0.15, -0.1) is 0 Å². The maximum absolute atomic E-state index is 12.5. The SMILES string of the molecule is COc1ccc([C@@]23Oc4cc(C)cc(C)c4[C@]2(O)[C@H](O)[C@H](C(=O)O)[C@H]3c2ccccc2)cc1. The number of rotatable bonds is 4. The lowest BCUT2D eigenvalue weighted by Gasteiger charge is -2.41. The zero-order valence-electron chi connectivity index (χ0n) is 18.6. The molecule has 1 heterocycles. The van der Waals surface area contributed by atoms with Crippen LogP contribution in [0.25, 0.3) is 0 Å². The standard InChI is InChI=1S/C27H26O6/c1-15-13-16(2)22-20(14-15)33-27(18-9-11-19(32-3)12-10-18)23(17-7-5-4-6-8-17)21(25(29)30)24(28)26(22,27)31/h4-14,21,23-24,28,31H,1-3H3,(H,29,30)/t21-,23-,24-,26+,27+/m1/s1. The Labute approximate surface area is 192 Å². The molecule has 1 aliphatic heterocycles. The van der Waals surface area contributed by atoms with Crippen LogP contribution in [0, 0.1) is 19.8 Å². The summed E-state index contributed by atoms with van der Waals surface area (Å²) in [5.41, 5.74) is -0.211. The van der Waals surface area contributed by atoms with Crippen LogP contribution < -0.4 is 9.47 Å². The summed E-state index contributed by atoms with van der Waals surface area (Å²) in [5, 5.41) is 34.2. The van der Waals surface area contributed by atoms with Gasteiger partial charge in [0.2, 0.25) is 0 Å². The van der Waals surface area contributed by atoms with Crippen molar-refractivity contribution in [3.05, 3.63) is 94.5 Å². The molecule has 6 nitrogen and oxygen atoms in total. The third-order valence-electron chi connectivity index (χ3n) is 7.19. The number of aryl methyl sites for hydroxylation is 2. The summed E-state index contributed by atoms with van der Waals surface area (Å²) in [5.74, 6) is -2.28. The summed E-state index contributed by atoms with van der Waals surface area (Å²) in [4.78, 5) is 12.5. The first-order chi connectivity index (χ1) is 15.8. The van der Waals surface area contributed by atoms with Crippen molar-refractivity contribution in [2.24, 2.45) is 5.92 Å². The molecule has 0 amide bonds. The lowest BCUT2D eigenvalue weighted by Crippen LogP contribution is -2.52. The van der Waals surface area contributed by atoms with E-state index in [9.17, 15) is 20.1 Å². The maximum Gasteiger partial charge on any atom is 0.310 e. The van der Waals surface area contributed by atoms with Crippen molar-refractivity contribution in [1.29, 1.82) is 0 Å². The van der Waals surface area contributed by atoms with E-state index in [1.54, 1.807) is 31.4 Å². The predicted molar refractivity (Wildman–Crippen MR) is 121 cm³/mol. The van der Waals surface area contributed by atoms with Crippen LogP contribution >= 0.6 is 0 Å². The lowest BCUT2D eigenvalue weighted by molar-refractivity contribution is -0.159. The second kappa shape index (κ2) is 7.33. The molecular formula is C27H26O6. The molecule has 5 rings (SSSR count). The molecule has 1 aliphatic carbocycles. The van der Waals surface area contributed by atoms with Gasteiger partial charge in [-0.2, -0.15) is 0 Å². The highest BCUT2D eigenvalue weighted by Crippen LogP contribution is 2.69. The average Bonchev–Trinajstić information content (AvgIpc) is 3.17. The lowest BCUT2D eigenvalue weighted by atomic mass is 9.70. The van der Waals surface area contributed by atoms with Crippen LogP contribution in [0.1, 0.15) is 33.7 Å². The zero-order chi connectivity index (χ0) is 23.5. The Morgan fingerprint density at radius 1 is 1.03 bits per heavy atom. The highest BCUT2D eigenvalue weighted by atomic mass is 16.5. The molecule has 3 aromatic rings. The number of hydrogen-bond acceptors (Lipinski definition) is 5. The number of benzene rings is 3. The number of carbonyl (C=O) groups is 1. The van der Waals surface area contributed by atoms with E-state index in [1.165, 1.54) is 0 Å². The van der Waals surface area contributed by atoms with Crippen LogP contribution in [-0.4, -0.2) is 34.5 Å². The summed E-state index contributed by atoms with van der Waals surface area (Å²) in [6.45, 7) is 3.77. The Balaban J connectivity index is 1.88. The van der Waals surface area contributed by atoms with E-state index in [2.05, 4.69) is 0 Å². The number of aliphatic hydroxyl groups excluding tert-OH is 1. The van der Waals surface area contributed by atoms with Crippen LogP contribution in [0.5, 0.6) is 11.5 Å². The van der Waals surface area contributed by atoms with E-state index in [4.69, 9.17) is 9.47 Å². The second-order valence-corrected chi connectivity index (χ2v) is 8.98. The van der Waals surface area contributed by atoms with Crippen molar-refractivity contribution in [3.63, 3.8) is 0 Å². The van der Waals surface area contributed by atoms with Gasteiger partial charge in [-0.1, -0.05) is 48.5 Å². The van der Waals surface area contributed by atoms with Crippen LogP contribution in [-0.2, 0) is 16.0 Å². The van der Waals surface area contributed by atoms with Gasteiger partial charge >= 0.3 is 5.97 Å². The topological polar surface area (TPSA) is 96.2 Å². The Hall–Kier alpha value is -3.35. The largest absolute Gasteiger partial charge is 0.497 e. The average molecular weight is 446 g/mol. The molecule has 33 heavy (non-hydrogen) atoms. The molecule has 6 heteroatoms. The quantitative estimate of drug-likeness (QED) is 0.566. The van der Waals surface area contributed by atoms with Gasteiger partial charge < -0.3 is 24.8 Å². The zero-order valence-corrected chi connectivity index (χ0v) is 18.6. The number of ether oxygens (including phenoxy) is 2. The Bertz CT molecular complexity index is 1220. The molecule has 5 atom stereocenters. The van der Waals surface area contributed by atoms with E-state index in [0.717, 1.165) is 11.1 Å². The number of aliphatic carboxylic acids is 1. The Morgan fingerprint density at radius 3 is 2.30 bits per heavy atom. The molecule has 2 aliphatic rings. The van der Waals surface area contributed by atoms with Gasteiger partial charge in [-0.05, 0) is 54.3 Å². The minimum atomic E-state index is -1.99. The van der Waals surface area contributed by atoms with E-state index < -0.39 is 35.1 Å². The summed E-state index contributed by atoms with van der Waals surface area (Å²) >= 11 is 0. The number of carboxylic acid groups (broad SMARTS) is 1. The highest BCUT2D eigenvalue weighted by molar-refractivity contribution is 5.76. The summed E-state index contributed by atoms with van der Waals surface area (Å²) in [6.07, 6.45) is -1.61. The molecule has 0 unspecified atom stereocenters. The van der Waals surface area contributed by atoms with Gasteiger partial charge in [0.1, 0.15) is 17.6 Å². The first kappa shape index (κ1) is 21.5. The number of carboxylic acids is 1. The van der Waals surface area contributed by atoms with Gasteiger partial charge in [0.05, 0.1) is 13.0 Å². The van der Waals surface area contributed by atoms with Crippen LogP contribution in [0.2, 0.25) is 0 Å². The van der Waals surface area contributed by atoms with Crippen molar-refractivity contribution in [1.82, 2.24) is 0 Å². The van der Waals surface area contributed by atoms with Gasteiger partial charge in [-0.3, -0.25) is 4.79 Å². The highest BCUT2D eigenvalue weighted by Gasteiger charge is 2.77. The number of methoxy groups -OCH3 is 1. The smallest absolute Gasteiger partial charge is 0.310 e. The third-order valence-corrected chi connectivity index (χ3v) is 7.19. The van der Waals surface area contributed by atoms with Gasteiger partial charge in [-0.25, -0.2) is 0 Å². The second-order valence-electron chi connectivity index (χ2n) is 8.98. The minimum Gasteiger partial charge on any atom is -0.497 e. The summed E-state index contributed by atoms with van der Waals surface area (Å²) in [6, 6.07) is 19.9. The third kappa shape index (κ3) is 2.71.